The van der Waals surface area contributed by atoms with E-state index >= 15 is 0 Å². The summed E-state index contributed by atoms with van der Waals surface area (Å²) in [6.45, 7) is 1.83. The first kappa shape index (κ1) is 22.4. The molecule has 0 bridgehead atoms. The summed E-state index contributed by atoms with van der Waals surface area (Å²) >= 11 is 5.87. The third kappa shape index (κ3) is 5.26. The molecular formula is C20H17ClN6O5. The van der Waals surface area contributed by atoms with E-state index in [9.17, 15) is 19.7 Å². The van der Waals surface area contributed by atoms with Gasteiger partial charge in [0.1, 0.15) is 6.33 Å². The van der Waals surface area contributed by atoms with E-state index in [1.54, 1.807) is 37.3 Å². The van der Waals surface area contributed by atoms with Gasteiger partial charge in [-0.25, -0.2) is 14.8 Å². The maximum atomic E-state index is 12.3. The number of amides is 1. The van der Waals surface area contributed by atoms with E-state index in [1.165, 1.54) is 18.2 Å². The van der Waals surface area contributed by atoms with Crippen LogP contribution in [0.25, 0.3) is 0 Å². The van der Waals surface area contributed by atoms with Crippen LogP contribution in [-0.2, 0) is 4.74 Å². The summed E-state index contributed by atoms with van der Waals surface area (Å²) in [5.74, 6) is -1.64. The number of halogens is 1. The molecule has 0 saturated carbocycles. The maximum absolute atomic E-state index is 12.3. The van der Waals surface area contributed by atoms with Crippen molar-refractivity contribution in [2.45, 2.75) is 6.92 Å². The zero-order valence-corrected chi connectivity index (χ0v) is 17.4. The quantitative estimate of drug-likeness (QED) is 0.262. The third-order valence-corrected chi connectivity index (χ3v) is 4.30. The van der Waals surface area contributed by atoms with E-state index in [-0.39, 0.29) is 35.1 Å². The van der Waals surface area contributed by atoms with Crippen molar-refractivity contribution in [3.05, 3.63) is 81.1 Å². The van der Waals surface area contributed by atoms with E-state index in [0.717, 1.165) is 6.33 Å². The number of nitrogens with zero attached hydrogens (tertiary/aromatic N) is 3. The Morgan fingerprint density at radius 3 is 2.59 bits per heavy atom. The zero-order chi connectivity index (χ0) is 23.1. The lowest BCUT2D eigenvalue weighted by atomic mass is 10.2. The monoisotopic (exact) mass is 456 g/mol. The van der Waals surface area contributed by atoms with Gasteiger partial charge in [-0.1, -0.05) is 29.8 Å². The van der Waals surface area contributed by atoms with Crippen LogP contribution in [0, 0.1) is 10.1 Å². The number of para-hydroxylation sites is 1. The van der Waals surface area contributed by atoms with Crippen LogP contribution in [0.5, 0.6) is 0 Å². The van der Waals surface area contributed by atoms with Crippen LogP contribution in [-0.4, -0.2) is 33.4 Å². The second-order valence-electron chi connectivity index (χ2n) is 6.16. The lowest BCUT2D eigenvalue weighted by Crippen LogP contribution is -2.30. The largest absolute Gasteiger partial charge is 0.462 e. The summed E-state index contributed by atoms with van der Waals surface area (Å²) < 4.78 is 5.01. The van der Waals surface area contributed by atoms with Crippen molar-refractivity contribution in [2.75, 3.05) is 17.3 Å². The molecule has 3 rings (SSSR count). The number of carbonyl (C=O) groups is 2. The molecular weight excluding hydrogens is 440 g/mol. The molecule has 2 aromatic carbocycles. The Balaban J connectivity index is 1.87. The highest BCUT2D eigenvalue weighted by atomic mass is 35.5. The second kappa shape index (κ2) is 10.2. The molecule has 0 saturated heterocycles. The van der Waals surface area contributed by atoms with E-state index in [4.69, 9.17) is 16.3 Å². The fourth-order valence-corrected chi connectivity index (χ4v) is 2.85. The van der Waals surface area contributed by atoms with Crippen molar-refractivity contribution in [1.29, 1.82) is 0 Å². The SMILES string of the molecule is CCOC(=O)c1ccccc1Nc1ncnc(NNC(=O)c2cccc(Cl)c2)c1[N+](=O)[O-]. The number of nitro groups is 1. The van der Waals surface area contributed by atoms with Crippen molar-refractivity contribution in [2.24, 2.45) is 0 Å². The minimum Gasteiger partial charge on any atom is -0.462 e. The average molecular weight is 457 g/mol. The highest BCUT2D eigenvalue weighted by Crippen LogP contribution is 2.32. The number of rotatable bonds is 8. The van der Waals surface area contributed by atoms with Crippen molar-refractivity contribution in [1.82, 2.24) is 15.4 Å². The maximum Gasteiger partial charge on any atom is 0.355 e. The molecule has 0 radical (unpaired) electrons. The number of hydrazine groups is 1. The standard InChI is InChI=1S/C20H17ClN6O5/c1-2-32-20(29)14-8-3-4-9-15(14)24-17-16(27(30)31)18(23-11-22-17)25-26-19(28)12-6-5-7-13(21)10-12/h3-11H,2H2,1H3,(H,26,28)(H2,22,23,24,25). The molecule has 1 heterocycles. The Hall–Kier alpha value is -4.25. The van der Waals surface area contributed by atoms with E-state index < -0.39 is 22.5 Å². The summed E-state index contributed by atoms with van der Waals surface area (Å²) in [6.07, 6.45) is 1.07. The fourth-order valence-electron chi connectivity index (χ4n) is 2.66. The number of ether oxygens (including phenoxy) is 1. The topological polar surface area (TPSA) is 148 Å². The lowest BCUT2D eigenvalue weighted by molar-refractivity contribution is -0.383. The summed E-state index contributed by atoms with van der Waals surface area (Å²) in [4.78, 5) is 43.2. The molecule has 0 unspecified atom stereocenters. The smallest absolute Gasteiger partial charge is 0.355 e. The van der Waals surface area contributed by atoms with Crippen molar-refractivity contribution < 1.29 is 19.2 Å². The summed E-state index contributed by atoms with van der Waals surface area (Å²) in [6, 6.07) is 12.5. The van der Waals surface area contributed by atoms with E-state index in [1.807, 2.05) is 0 Å². The molecule has 164 valence electrons. The van der Waals surface area contributed by atoms with Gasteiger partial charge in [0.15, 0.2) is 0 Å². The van der Waals surface area contributed by atoms with Gasteiger partial charge in [0.05, 0.1) is 22.8 Å². The average Bonchev–Trinajstić information content (AvgIpc) is 2.77. The molecule has 1 aromatic heterocycles. The first-order chi connectivity index (χ1) is 15.4. The third-order valence-electron chi connectivity index (χ3n) is 4.06. The van der Waals surface area contributed by atoms with Gasteiger partial charge in [-0.05, 0) is 37.3 Å². The number of benzene rings is 2. The Kier molecular flexibility index (Phi) is 7.13. The molecule has 0 aliphatic heterocycles. The van der Waals surface area contributed by atoms with Crippen LogP contribution < -0.4 is 16.2 Å². The minimum absolute atomic E-state index is 0.168. The van der Waals surface area contributed by atoms with Gasteiger partial charge in [0.25, 0.3) is 5.91 Å². The van der Waals surface area contributed by atoms with Gasteiger partial charge >= 0.3 is 11.7 Å². The molecule has 0 fully saturated rings. The van der Waals surface area contributed by atoms with Gasteiger partial charge in [-0.15, -0.1) is 0 Å². The molecule has 12 heteroatoms. The van der Waals surface area contributed by atoms with Crippen LogP contribution in [0.4, 0.5) is 23.0 Å². The lowest BCUT2D eigenvalue weighted by Gasteiger charge is -2.13. The first-order valence-electron chi connectivity index (χ1n) is 9.25. The Morgan fingerprint density at radius 1 is 1.12 bits per heavy atom. The molecule has 1 amide bonds. The molecule has 32 heavy (non-hydrogen) atoms. The van der Waals surface area contributed by atoms with Crippen LogP contribution in [0.15, 0.2) is 54.9 Å². The Labute approximate surface area is 186 Å². The second-order valence-corrected chi connectivity index (χ2v) is 6.59. The molecule has 0 aliphatic rings. The minimum atomic E-state index is -0.719. The summed E-state index contributed by atoms with van der Waals surface area (Å²) in [5, 5.41) is 14.9. The number of nitrogens with one attached hydrogen (secondary N) is 3. The molecule has 11 nitrogen and oxygen atoms in total. The number of hydrogen-bond acceptors (Lipinski definition) is 9. The predicted molar refractivity (Wildman–Crippen MR) is 117 cm³/mol. The van der Waals surface area contributed by atoms with Gasteiger partial charge in [0.2, 0.25) is 11.6 Å². The molecule has 0 spiro atoms. The molecule has 3 N–H and O–H groups in total. The van der Waals surface area contributed by atoms with E-state index in [2.05, 4.69) is 26.1 Å². The number of esters is 1. The van der Waals surface area contributed by atoms with Crippen molar-refractivity contribution in [3.63, 3.8) is 0 Å². The Bertz CT molecular complexity index is 1170. The van der Waals surface area contributed by atoms with Gasteiger partial charge in [-0.3, -0.25) is 25.8 Å². The van der Waals surface area contributed by atoms with Gasteiger partial charge in [0, 0.05) is 10.6 Å². The normalized spacial score (nSPS) is 10.2. The van der Waals surface area contributed by atoms with Crippen LogP contribution in [0.3, 0.4) is 0 Å². The van der Waals surface area contributed by atoms with E-state index in [0.29, 0.717) is 5.02 Å². The van der Waals surface area contributed by atoms with Crippen LogP contribution in [0.2, 0.25) is 5.02 Å². The number of anilines is 3. The highest BCUT2D eigenvalue weighted by Gasteiger charge is 2.25. The Morgan fingerprint density at radius 2 is 1.88 bits per heavy atom. The number of aromatic nitrogens is 2. The van der Waals surface area contributed by atoms with Crippen molar-refractivity contribution >= 4 is 46.5 Å². The molecule has 3 aromatic rings. The van der Waals surface area contributed by atoms with Crippen molar-refractivity contribution in [3.8, 4) is 0 Å². The van der Waals surface area contributed by atoms with Gasteiger partial charge < -0.3 is 10.1 Å². The highest BCUT2D eigenvalue weighted by molar-refractivity contribution is 6.31. The molecule has 0 aliphatic carbocycles. The number of hydrogen-bond donors (Lipinski definition) is 3. The first-order valence-corrected chi connectivity index (χ1v) is 9.63. The van der Waals surface area contributed by atoms with Crippen LogP contribution >= 0.6 is 11.6 Å². The predicted octanol–water partition coefficient (Wildman–Crippen LogP) is 3.72. The van der Waals surface area contributed by atoms with Gasteiger partial charge in [-0.2, -0.15) is 0 Å². The number of carbonyl (C=O) groups excluding carboxylic acids is 2. The summed E-state index contributed by atoms with van der Waals surface area (Å²) in [5.41, 5.74) is 4.88. The molecule has 0 atom stereocenters. The fraction of sp³-hybridized carbons (Fsp3) is 0.100. The zero-order valence-electron chi connectivity index (χ0n) is 16.7. The van der Waals surface area contributed by atoms with Crippen LogP contribution in [0.1, 0.15) is 27.6 Å². The summed E-state index contributed by atoms with van der Waals surface area (Å²) in [7, 11) is 0.